The fraction of sp³-hybridized carbons (Fsp3) is 0.429. The van der Waals surface area contributed by atoms with Gasteiger partial charge in [-0.1, -0.05) is 76.2 Å². The molecule has 5 amide bonds. The zero-order valence-corrected chi connectivity index (χ0v) is 32.6. The molecule has 4 rings (SSSR count). The van der Waals surface area contributed by atoms with Crippen molar-refractivity contribution in [3.05, 3.63) is 94.5 Å². The Morgan fingerprint density at radius 2 is 1.47 bits per heavy atom. The Kier molecular flexibility index (Phi) is 14.2. The van der Waals surface area contributed by atoms with Gasteiger partial charge < -0.3 is 36.4 Å². The molecular weight excluding hydrogens is 702 g/mol. The standard InChI is InChI=1S/C42H53N5O8/c1-24(2)19-32-41(54)55-33-21-25(3)20-26(4)36(33)42(6,7)22-34(49)45-31(18-15-28-13-16-30(48)17-14-28)39(52)44-27(5)38(51)43-23-35(50)47-37(40(53)46-32)29-11-9-8-10-12-29/h8-14,16-17,20-21,24,27,31-32,37,48H,15,18-19,22-23H2,1-7H3,(H,43,51)(H,44,52)(H,45,49)(H,46,53)(H,47,50)/t27-,31?,32?,37+/m1/s1. The highest BCUT2D eigenvalue weighted by atomic mass is 16.5. The second-order valence-electron chi connectivity index (χ2n) is 15.3. The Labute approximate surface area is 322 Å². The number of phenolic OH excluding ortho intramolecular Hbond substituents is 1. The summed E-state index contributed by atoms with van der Waals surface area (Å²) in [5.41, 5.74) is 2.54. The van der Waals surface area contributed by atoms with Crippen LogP contribution in [0.4, 0.5) is 0 Å². The number of aromatic hydroxyl groups is 1. The van der Waals surface area contributed by atoms with Crippen LogP contribution in [0.25, 0.3) is 0 Å². The first kappa shape index (κ1) is 42.0. The summed E-state index contributed by atoms with van der Waals surface area (Å²) in [6.45, 7) is 12.2. The van der Waals surface area contributed by atoms with Gasteiger partial charge in [-0.3, -0.25) is 24.0 Å². The number of ether oxygens (including phenoxy) is 1. The number of hydrogen-bond donors (Lipinski definition) is 6. The summed E-state index contributed by atoms with van der Waals surface area (Å²) in [7, 11) is 0. The van der Waals surface area contributed by atoms with E-state index in [0.29, 0.717) is 17.5 Å². The Balaban J connectivity index is 1.74. The van der Waals surface area contributed by atoms with Gasteiger partial charge in [0.1, 0.15) is 35.7 Å². The number of amides is 5. The number of carbonyl (C=O) groups is 6. The van der Waals surface area contributed by atoms with Crippen molar-refractivity contribution < 1.29 is 38.6 Å². The molecule has 6 N–H and O–H groups in total. The molecule has 0 radical (unpaired) electrons. The number of rotatable bonds is 6. The lowest BCUT2D eigenvalue weighted by Crippen LogP contribution is -2.54. The lowest BCUT2D eigenvalue weighted by Gasteiger charge is -2.30. The van der Waals surface area contributed by atoms with Crippen LogP contribution in [-0.2, 0) is 40.6 Å². The first-order valence-corrected chi connectivity index (χ1v) is 18.6. The second kappa shape index (κ2) is 18.5. The molecule has 13 heteroatoms. The highest BCUT2D eigenvalue weighted by Crippen LogP contribution is 2.38. The lowest BCUT2D eigenvalue weighted by molar-refractivity contribution is -0.140. The molecular formula is C42H53N5O8. The second-order valence-corrected chi connectivity index (χ2v) is 15.3. The van der Waals surface area contributed by atoms with E-state index < -0.39 is 71.6 Å². The monoisotopic (exact) mass is 755 g/mol. The Morgan fingerprint density at radius 3 is 2.13 bits per heavy atom. The van der Waals surface area contributed by atoms with E-state index in [2.05, 4.69) is 26.6 Å². The van der Waals surface area contributed by atoms with Crippen LogP contribution in [0.15, 0.2) is 66.7 Å². The van der Waals surface area contributed by atoms with Crippen LogP contribution in [0.5, 0.6) is 11.5 Å². The number of nitrogens with one attached hydrogen (secondary N) is 5. The number of carbonyl (C=O) groups excluding carboxylic acids is 6. The van der Waals surface area contributed by atoms with E-state index in [1.54, 1.807) is 48.5 Å². The van der Waals surface area contributed by atoms with Crippen LogP contribution in [0, 0.1) is 19.8 Å². The zero-order valence-electron chi connectivity index (χ0n) is 32.6. The van der Waals surface area contributed by atoms with Crippen LogP contribution in [0.1, 0.15) is 87.7 Å². The van der Waals surface area contributed by atoms with Crippen LogP contribution in [0.2, 0.25) is 0 Å². The first-order chi connectivity index (χ1) is 25.9. The fourth-order valence-corrected chi connectivity index (χ4v) is 6.83. The van der Waals surface area contributed by atoms with Gasteiger partial charge in [0, 0.05) is 17.4 Å². The van der Waals surface area contributed by atoms with Crippen molar-refractivity contribution in [2.24, 2.45) is 5.92 Å². The van der Waals surface area contributed by atoms with Crippen molar-refractivity contribution >= 4 is 35.5 Å². The molecule has 0 saturated heterocycles. The van der Waals surface area contributed by atoms with E-state index in [1.807, 2.05) is 47.6 Å². The minimum Gasteiger partial charge on any atom is -0.508 e. The molecule has 294 valence electrons. The molecule has 0 bridgehead atoms. The molecule has 55 heavy (non-hydrogen) atoms. The topological polar surface area (TPSA) is 192 Å². The van der Waals surface area contributed by atoms with Gasteiger partial charge in [0.2, 0.25) is 29.5 Å². The molecule has 0 saturated carbocycles. The molecule has 2 unspecified atom stereocenters. The Hall–Kier alpha value is -5.72. The minimum absolute atomic E-state index is 0.0357. The highest BCUT2D eigenvalue weighted by molar-refractivity contribution is 5.95. The van der Waals surface area contributed by atoms with Crippen molar-refractivity contribution in [1.29, 1.82) is 0 Å². The predicted octanol–water partition coefficient (Wildman–Crippen LogP) is 3.72. The molecule has 0 aromatic heterocycles. The number of phenols is 1. The largest absolute Gasteiger partial charge is 0.508 e. The smallest absolute Gasteiger partial charge is 0.334 e. The number of hydrogen-bond acceptors (Lipinski definition) is 8. The van der Waals surface area contributed by atoms with Crippen LogP contribution in [-0.4, -0.2) is 65.3 Å². The molecule has 3 aromatic carbocycles. The molecule has 4 atom stereocenters. The van der Waals surface area contributed by atoms with E-state index in [-0.39, 0.29) is 36.7 Å². The third kappa shape index (κ3) is 11.9. The zero-order chi connectivity index (χ0) is 40.4. The molecule has 13 nitrogen and oxygen atoms in total. The fourth-order valence-electron chi connectivity index (χ4n) is 6.83. The van der Waals surface area contributed by atoms with Gasteiger partial charge in [-0.15, -0.1) is 0 Å². The average molecular weight is 756 g/mol. The number of esters is 1. The number of aryl methyl sites for hydroxylation is 3. The maximum Gasteiger partial charge on any atom is 0.334 e. The summed E-state index contributed by atoms with van der Waals surface area (Å²) in [4.78, 5) is 81.8. The van der Waals surface area contributed by atoms with Crippen molar-refractivity contribution in [2.75, 3.05) is 6.54 Å². The normalized spacial score (nSPS) is 21.8. The summed E-state index contributed by atoms with van der Waals surface area (Å²) in [5, 5.41) is 23.2. The molecule has 1 aliphatic rings. The van der Waals surface area contributed by atoms with Gasteiger partial charge >= 0.3 is 5.97 Å². The van der Waals surface area contributed by atoms with Gasteiger partial charge in [-0.25, -0.2) is 4.79 Å². The van der Waals surface area contributed by atoms with Crippen LogP contribution < -0.4 is 31.3 Å². The van der Waals surface area contributed by atoms with Crippen molar-refractivity contribution in [3.63, 3.8) is 0 Å². The van der Waals surface area contributed by atoms with E-state index in [4.69, 9.17) is 4.74 Å². The molecule has 0 fully saturated rings. The van der Waals surface area contributed by atoms with Gasteiger partial charge in [0.25, 0.3) is 0 Å². The van der Waals surface area contributed by atoms with E-state index in [1.165, 1.54) is 19.1 Å². The molecule has 3 aromatic rings. The third-order valence-electron chi connectivity index (χ3n) is 9.43. The maximum atomic E-state index is 14.0. The predicted molar refractivity (Wildman–Crippen MR) is 207 cm³/mol. The highest BCUT2D eigenvalue weighted by Gasteiger charge is 2.35. The van der Waals surface area contributed by atoms with E-state index >= 15 is 0 Å². The van der Waals surface area contributed by atoms with Gasteiger partial charge in [-0.2, -0.15) is 0 Å². The van der Waals surface area contributed by atoms with Crippen molar-refractivity contribution in [1.82, 2.24) is 26.6 Å². The summed E-state index contributed by atoms with van der Waals surface area (Å²) < 4.78 is 6.11. The molecule has 0 spiro atoms. The first-order valence-electron chi connectivity index (χ1n) is 18.6. The lowest BCUT2D eigenvalue weighted by atomic mass is 9.78. The van der Waals surface area contributed by atoms with Crippen molar-refractivity contribution in [3.8, 4) is 11.5 Å². The quantitative estimate of drug-likeness (QED) is 0.162. The van der Waals surface area contributed by atoms with Crippen LogP contribution in [0.3, 0.4) is 0 Å². The Bertz CT molecular complexity index is 1880. The summed E-state index contributed by atoms with van der Waals surface area (Å²) in [6.07, 6.45) is 0.670. The average Bonchev–Trinajstić information content (AvgIpc) is 3.10. The summed E-state index contributed by atoms with van der Waals surface area (Å²) in [5.74, 6) is -3.50. The third-order valence-corrected chi connectivity index (χ3v) is 9.43. The maximum absolute atomic E-state index is 14.0. The summed E-state index contributed by atoms with van der Waals surface area (Å²) in [6, 6.07) is 14.2. The molecule has 1 heterocycles. The minimum atomic E-state index is -1.22. The van der Waals surface area contributed by atoms with Crippen LogP contribution >= 0.6 is 0 Å². The van der Waals surface area contributed by atoms with E-state index in [0.717, 1.165) is 16.7 Å². The SMILES string of the molecule is Cc1cc(C)c2c(c1)OC(=O)C(CC(C)C)NC(=O)[C@H](c1ccccc1)NC(=O)CNC(=O)[C@@H](C)NC(=O)C(CCc1ccc(O)cc1)NC(=O)CC2(C)C. The summed E-state index contributed by atoms with van der Waals surface area (Å²) >= 11 is 0. The molecule has 1 aliphatic heterocycles. The van der Waals surface area contributed by atoms with Gasteiger partial charge in [0.15, 0.2) is 0 Å². The van der Waals surface area contributed by atoms with Gasteiger partial charge in [-0.05, 0) is 86.4 Å². The number of benzene rings is 3. The van der Waals surface area contributed by atoms with Crippen molar-refractivity contribution in [2.45, 2.75) is 104 Å². The van der Waals surface area contributed by atoms with E-state index in [9.17, 15) is 33.9 Å². The van der Waals surface area contributed by atoms with Gasteiger partial charge in [0.05, 0.1) is 6.54 Å². The molecule has 0 aliphatic carbocycles. The number of fused-ring (bicyclic) bond motifs is 1. The Morgan fingerprint density at radius 1 is 0.800 bits per heavy atom.